The molecule has 5 nitrogen and oxygen atoms in total. The van der Waals surface area contributed by atoms with Crippen molar-refractivity contribution < 1.29 is 5.11 Å². The number of nitrogens with zero attached hydrogens (tertiary/aromatic N) is 2. The Morgan fingerprint density at radius 2 is 2.26 bits per heavy atom. The molecule has 0 saturated carbocycles. The molecule has 0 aliphatic carbocycles. The van der Waals surface area contributed by atoms with Gasteiger partial charge in [0.15, 0.2) is 5.96 Å². The average Bonchev–Trinajstić information content (AvgIpc) is 3.05. The first-order valence-corrected chi connectivity index (χ1v) is 10.3. The van der Waals surface area contributed by atoms with E-state index in [1.165, 1.54) is 0 Å². The fraction of sp³-hybridized carbons (Fsp3) is 0.750. The molecule has 1 unspecified atom stereocenters. The average molecular weight is 359 g/mol. The standard InChI is InChI=1S/C16H30N4OS2/c1-3-6-14(7-10-21)13-20-15(17-4-2)18-8-5-11-22-16-19-9-12-23-16/h9,12,14,21H,3-8,10-11,13H2,1-2H3,(H2,17,18,20). The van der Waals surface area contributed by atoms with Crippen molar-refractivity contribution in [2.24, 2.45) is 10.9 Å². The van der Waals surface area contributed by atoms with Crippen LogP contribution in [-0.2, 0) is 0 Å². The van der Waals surface area contributed by atoms with Gasteiger partial charge in [0.05, 0.1) is 0 Å². The number of hydrogen-bond donors (Lipinski definition) is 3. The summed E-state index contributed by atoms with van der Waals surface area (Å²) in [5, 5.41) is 17.8. The molecule has 0 amide bonds. The van der Waals surface area contributed by atoms with Gasteiger partial charge in [0.2, 0.25) is 0 Å². The molecule has 132 valence electrons. The van der Waals surface area contributed by atoms with Gasteiger partial charge in [-0.1, -0.05) is 25.1 Å². The Hall–Kier alpha value is -0.790. The van der Waals surface area contributed by atoms with E-state index in [4.69, 9.17) is 5.11 Å². The van der Waals surface area contributed by atoms with Crippen LogP contribution in [0, 0.1) is 5.92 Å². The molecule has 1 atom stereocenters. The third kappa shape index (κ3) is 9.84. The van der Waals surface area contributed by atoms with Gasteiger partial charge in [-0.05, 0) is 32.1 Å². The van der Waals surface area contributed by atoms with Gasteiger partial charge >= 0.3 is 0 Å². The van der Waals surface area contributed by atoms with Crippen molar-refractivity contribution in [2.75, 3.05) is 32.0 Å². The number of aliphatic hydroxyl groups excluding tert-OH is 1. The first-order chi connectivity index (χ1) is 11.3. The lowest BCUT2D eigenvalue weighted by Gasteiger charge is -2.15. The Bertz CT molecular complexity index is 406. The highest BCUT2D eigenvalue weighted by molar-refractivity contribution is 8.00. The molecule has 0 fully saturated rings. The van der Waals surface area contributed by atoms with Crippen LogP contribution in [-0.4, -0.2) is 48.0 Å². The van der Waals surface area contributed by atoms with Crippen molar-refractivity contribution in [2.45, 2.75) is 43.9 Å². The predicted octanol–water partition coefficient (Wildman–Crippen LogP) is 2.98. The highest BCUT2D eigenvalue weighted by Crippen LogP contribution is 2.20. The molecular formula is C16H30N4OS2. The fourth-order valence-electron chi connectivity index (χ4n) is 2.20. The Morgan fingerprint density at radius 3 is 2.91 bits per heavy atom. The number of thioether (sulfide) groups is 1. The van der Waals surface area contributed by atoms with E-state index in [1.807, 2.05) is 11.6 Å². The van der Waals surface area contributed by atoms with E-state index in [2.05, 4.69) is 34.5 Å². The Morgan fingerprint density at radius 1 is 1.39 bits per heavy atom. The zero-order chi connectivity index (χ0) is 16.8. The molecule has 7 heteroatoms. The summed E-state index contributed by atoms with van der Waals surface area (Å²) < 4.78 is 1.14. The third-order valence-electron chi connectivity index (χ3n) is 3.33. The quantitative estimate of drug-likeness (QED) is 0.232. The van der Waals surface area contributed by atoms with Crippen LogP contribution in [0.4, 0.5) is 0 Å². The number of aliphatic hydroxyl groups is 1. The molecule has 0 aliphatic heterocycles. The maximum absolute atomic E-state index is 9.12. The summed E-state index contributed by atoms with van der Waals surface area (Å²) in [4.78, 5) is 8.93. The zero-order valence-corrected chi connectivity index (χ0v) is 15.9. The summed E-state index contributed by atoms with van der Waals surface area (Å²) in [6, 6.07) is 0. The number of guanidine groups is 1. The Labute approximate surface area is 148 Å². The second-order valence-electron chi connectivity index (χ2n) is 5.31. The molecule has 0 aromatic carbocycles. The lowest BCUT2D eigenvalue weighted by molar-refractivity contribution is 0.253. The normalized spacial score (nSPS) is 13.1. The molecule has 0 aliphatic rings. The van der Waals surface area contributed by atoms with Gasteiger partial charge < -0.3 is 15.7 Å². The molecule has 1 aromatic heterocycles. The summed E-state index contributed by atoms with van der Waals surface area (Å²) >= 11 is 3.49. The summed E-state index contributed by atoms with van der Waals surface area (Å²) in [6.07, 6.45) is 6.01. The van der Waals surface area contributed by atoms with Crippen LogP contribution in [0.1, 0.15) is 39.5 Å². The number of aliphatic imine (C=N–C) groups is 1. The van der Waals surface area contributed by atoms with E-state index in [1.54, 1.807) is 23.1 Å². The van der Waals surface area contributed by atoms with Gasteiger partial charge in [-0.3, -0.25) is 4.99 Å². The first kappa shape index (κ1) is 20.3. The van der Waals surface area contributed by atoms with E-state index < -0.39 is 0 Å². The largest absolute Gasteiger partial charge is 0.396 e. The van der Waals surface area contributed by atoms with Crippen LogP contribution in [0.2, 0.25) is 0 Å². The van der Waals surface area contributed by atoms with Crippen LogP contribution in [0.5, 0.6) is 0 Å². The van der Waals surface area contributed by atoms with Gasteiger partial charge in [0.25, 0.3) is 0 Å². The van der Waals surface area contributed by atoms with Crippen LogP contribution in [0.3, 0.4) is 0 Å². The van der Waals surface area contributed by atoms with Crippen LogP contribution in [0.25, 0.3) is 0 Å². The minimum Gasteiger partial charge on any atom is -0.396 e. The van der Waals surface area contributed by atoms with E-state index in [0.717, 1.165) is 61.4 Å². The van der Waals surface area contributed by atoms with Crippen molar-refractivity contribution >= 4 is 29.1 Å². The number of thiazole rings is 1. The number of nitrogens with one attached hydrogen (secondary N) is 2. The molecule has 0 saturated heterocycles. The molecule has 0 radical (unpaired) electrons. The van der Waals surface area contributed by atoms with Gasteiger partial charge in [0.1, 0.15) is 4.34 Å². The Balaban J connectivity index is 2.27. The minimum absolute atomic E-state index is 0.248. The van der Waals surface area contributed by atoms with Gasteiger partial charge in [-0.25, -0.2) is 4.98 Å². The monoisotopic (exact) mass is 358 g/mol. The maximum Gasteiger partial charge on any atom is 0.191 e. The minimum atomic E-state index is 0.248. The molecule has 0 bridgehead atoms. The predicted molar refractivity (Wildman–Crippen MR) is 102 cm³/mol. The second-order valence-corrected chi connectivity index (χ2v) is 7.55. The highest BCUT2D eigenvalue weighted by atomic mass is 32.2. The first-order valence-electron chi connectivity index (χ1n) is 8.45. The molecule has 23 heavy (non-hydrogen) atoms. The van der Waals surface area contributed by atoms with E-state index in [0.29, 0.717) is 5.92 Å². The van der Waals surface area contributed by atoms with E-state index in [9.17, 15) is 0 Å². The van der Waals surface area contributed by atoms with Crippen molar-refractivity contribution in [3.8, 4) is 0 Å². The second kappa shape index (κ2) is 13.6. The van der Waals surface area contributed by atoms with E-state index >= 15 is 0 Å². The number of hydrogen-bond acceptors (Lipinski definition) is 5. The van der Waals surface area contributed by atoms with E-state index in [-0.39, 0.29) is 6.61 Å². The highest BCUT2D eigenvalue weighted by Gasteiger charge is 2.07. The summed E-state index contributed by atoms with van der Waals surface area (Å²) in [6.45, 7) is 7.04. The van der Waals surface area contributed by atoms with Gasteiger partial charge in [-0.2, -0.15) is 0 Å². The molecule has 1 heterocycles. The van der Waals surface area contributed by atoms with Crippen molar-refractivity contribution in [3.05, 3.63) is 11.6 Å². The topological polar surface area (TPSA) is 69.5 Å². The lowest BCUT2D eigenvalue weighted by Crippen LogP contribution is -2.38. The smallest absolute Gasteiger partial charge is 0.191 e. The summed E-state index contributed by atoms with van der Waals surface area (Å²) in [5.74, 6) is 2.41. The SMILES string of the molecule is CCCC(CCO)CN=C(NCC)NCCCSc1nccs1. The van der Waals surface area contributed by atoms with Crippen LogP contribution >= 0.6 is 23.1 Å². The van der Waals surface area contributed by atoms with Gasteiger partial charge in [-0.15, -0.1) is 11.3 Å². The molecular weight excluding hydrogens is 328 g/mol. The summed E-state index contributed by atoms with van der Waals surface area (Å²) in [7, 11) is 0. The number of aromatic nitrogens is 1. The molecule has 1 rings (SSSR count). The zero-order valence-electron chi connectivity index (χ0n) is 14.3. The summed E-state index contributed by atoms with van der Waals surface area (Å²) in [5.41, 5.74) is 0. The maximum atomic E-state index is 9.12. The van der Waals surface area contributed by atoms with Crippen LogP contribution < -0.4 is 10.6 Å². The Kier molecular flexibility index (Phi) is 12.0. The molecule has 1 aromatic rings. The third-order valence-corrected chi connectivity index (χ3v) is 5.39. The molecule has 0 spiro atoms. The van der Waals surface area contributed by atoms with Gasteiger partial charge in [0, 0.05) is 43.6 Å². The van der Waals surface area contributed by atoms with Crippen molar-refractivity contribution in [3.63, 3.8) is 0 Å². The lowest BCUT2D eigenvalue weighted by atomic mass is 10.0. The van der Waals surface area contributed by atoms with Crippen molar-refractivity contribution in [1.29, 1.82) is 0 Å². The number of rotatable bonds is 12. The van der Waals surface area contributed by atoms with Crippen molar-refractivity contribution in [1.82, 2.24) is 15.6 Å². The molecule has 3 N–H and O–H groups in total. The fourth-order valence-corrected chi connectivity index (χ4v) is 3.85. The van der Waals surface area contributed by atoms with Crippen LogP contribution in [0.15, 0.2) is 20.9 Å².